The van der Waals surface area contributed by atoms with Gasteiger partial charge in [0.25, 0.3) is 0 Å². The average molecular weight is 169 g/mol. The van der Waals surface area contributed by atoms with E-state index >= 15 is 0 Å². The first-order valence-electron chi connectivity index (χ1n) is 3.21. The molecule has 0 aromatic rings. The number of nitrogens with one attached hydrogen (secondary N) is 4. The molecule has 0 unspecified atom stereocenters. The molecule has 0 aliphatic carbocycles. The number of rotatable bonds is 3. The molecule has 64 valence electrons. The minimum atomic E-state index is -0.402. The van der Waals surface area contributed by atoms with Gasteiger partial charge in [-0.3, -0.25) is 32.5 Å². The van der Waals surface area contributed by atoms with Crippen LogP contribution >= 0.6 is 0 Å². The maximum atomic E-state index is 5.24. The van der Waals surface area contributed by atoms with Gasteiger partial charge in [-0.2, -0.15) is 0 Å². The van der Waals surface area contributed by atoms with Crippen molar-refractivity contribution >= 4 is 22.2 Å². The summed E-state index contributed by atoms with van der Waals surface area (Å²) in [4.78, 5) is 2.94. The highest BCUT2D eigenvalue weighted by molar-refractivity contribution is 6.72. The van der Waals surface area contributed by atoms with E-state index in [0.29, 0.717) is 0 Å². The average Bonchev–Trinajstić information content (AvgIpc) is 2.16. The first kappa shape index (κ1) is 9.92. The zero-order valence-corrected chi connectivity index (χ0v) is 6.36. The van der Waals surface area contributed by atoms with E-state index in [-0.39, 0.29) is 0 Å². The van der Waals surface area contributed by atoms with Crippen molar-refractivity contribution in [2.24, 2.45) is 17.5 Å². The van der Waals surface area contributed by atoms with E-state index in [2.05, 4.69) is 21.5 Å². The van der Waals surface area contributed by atoms with E-state index in [4.69, 9.17) is 17.5 Å². The molecule has 12 heavy (non-hydrogen) atoms. The van der Waals surface area contributed by atoms with Crippen molar-refractivity contribution in [2.75, 3.05) is 0 Å². The fourth-order valence-electron chi connectivity index (χ4n) is 0.846. The minimum Gasteiger partial charge on any atom is -0.377 e. The number of nitrogens with zero attached hydrogens (tertiary/aromatic N) is 2. The molecule has 0 amide bonds. The Morgan fingerprint density at radius 3 is 1.92 bits per heavy atom. The second kappa shape index (κ2) is 4.76. The summed E-state index contributed by atoms with van der Waals surface area (Å²) in [5, 5.41) is 5.24. The second-order valence-corrected chi connectivity index (χ2v) is 2.04. The fourth-order valence-corrected chi connectivity index (χ4v) is 0.846. The smallest absolute Gasteiger partial charge is 0.377 e. The second-order valence-electron chi connectivity index (χ2n) is 2.04. The number of hydrogen-bond acceptors (Lipinski definition) is 9. The standard InChI is InChI=1S/B3H10N9/c4-8-3-11(9-5)1-7-2-12(3)10-6/h7-10H,4-6H2. The summed E-state index contributed by atoms with van der Waals surface area (Å²) < 4.78 is 0. The summed E-state index contributed by atoms with van der Waals surface area (Å²) in [5.41, 5.74) is 4.77. The highest BCUT2D eigenvalue weighted by Gasteiger charge is 2.34. The molecule has 1 heterocycles. The van der Waals surface area contributed by atoms with Crippen molar-refractivity contribution in [2.45, 2.75) is 0 Å². The van der Waals surface area contributed by atoms with Gasteiger partial charge in [0.1, 0.15) is 0 Å². The Hall–Kier alpha value is -0.165. The van der Waals surface area contributed by atoms with E-state index in [1.54, 1.807) is 15.1 Å². The third kappa shape index (κ3) is 1.95. The van der Waals surface area contributed by atoms with Crippen molar-refractivity contribution in [3.63, 3.8) is 0 Å². The van der Waals surface area contributed by atoms with Crippen LogP contribution in [0, 0.1) is 0 Å². The third-order valence-electron chi connectivity index (χ3n) is 1.40. The molecular weight excluding hydrogens is 158 g/mol. The van der Waals surface area contributed by atoms with Gasteiger partial charge < -0.3 is 5.14 Å². The van der Waals surface area contributed by atoms with Crippen LogP contribution in [0.2, 0.25) is 0 Å². The van der Waals surface area contributed by atoms with Gasteiger partial charge >= 0.3 is 22.2 Å². The molecule has 1 rings (SSSR count). The SMILES string of the molecule is NNB1N(NN)[B]N[B]N1NN. The Morgan fingerprint density at radius 1 is 1.08 bits per heavy atom. The number of hydrazine groups is 5. The maximum Gasteiger partial charge on any atom is 0.423 e. The van der Waals surface area contributed by atoms with E-state index in [1.165, 1.54) is 9.66 Å². The molecule has 1 aliphatic heterocycles. The van der Waals surface area contributed by atoms with Crippen LogP contribution in [0.1, 0.15) is 0 Å². The lowest BCUT2D eigenvalue weighted by Crippen LogP contribution is -2.80. The minimum absolute atomic E-state index is 0.402. The van der Waals surface area contributed by atoms with E-state index in [0.717, 1.165) is 0 Å². The molecule has 0 saturated carbocycles. The summed E-state index contributed by atoms with van der Waals surface area (Å²) in [6.07, 6.45) is 0. The van der Waals surface area contributed by atoms with Gasteiger partial charge in [0.15, 0.2) is 0 Å². The third-order valence-corrected chi connectivity index (χ3v) is 1.40. The van der Waals surface area contributed by atoms with Gasteiger partial charge in [0.05, 0.1) is 0 Å². The lowest BCUT2D eigenvalue weighted by molar-refractivity contribution is 0.379. The first-order valence-corrected chi connectivity index (χ1v) is 3.21. The summed E-state index contributed by atoms with van der Waals surface area (Å²) in [6.45, 7) is 0. The van der Waals surface area contributed by atoms with E-state index < -0.39 is 7.12 Å². The van der Waals surface area contributed by atoms with Gasteiger partial charge in [-0.05, 0) is 0 Å². The predicted molar refractivity (Wildman–Crippen MR) is 46.0 cm³/mol. The molecule has 0 aromatic heterocycles. The Morgan fingerprint density at radius 2 is 1.58 bits per heavy atom. The Bertz CT molecular complexity index is 115. The van der Waals surface area contributed by atoms with Crippen LogP contribution in [0.5, 0.6) is 0 Å². The van der Waals surface area contributed by atoms with Crippen LogP contribution in [0.3, 0.4) is 0 Å². The van der Waals surface area contributed by atoms with Gasteiger partial charge in [0, 0.05) is 0 Å². The van der Waals surface area contributed by atoms with E-state index in [1.807, 2.05) is 0 Å². The van der Waals surface area contributed by atoms with Crippen molar-refractivity contribution < 1.29 is 0 Å². The Kier molecular flexibility index (Phi) is 3.94. The largest absolute Gasteiger partial charge is 0.423 e. The van der Waals surface area contributed by atoms with Gasteiger partial charge in [-0.25, -0.2) is 11.1 Å². The van der Waals surface area contributed by atoms with Crippen LogP contribution in [-0.2, 0) is 0 Å². The van der Waals surface area contributed by atoms with Crippen molar-refractivity contribution in [1.82, 2.24) is 31.2 Å². The van der Waals surface area contributed by atoms with Crippen LogP contribution in [-0.4, -0.2) is 31.9 Å². The molecular formula is H10B3N9. The highest BCUT2D eigenvalue weighted by atomic mass is 15.7. The molecule has 0 bridgehead atoms. The molecule has 10 N–H and O–H groups in total. The molecule has 0 aromatic carbocycles. The molecule has 1 aliphatic rings. The number of hydrogen-bond donors (Lipinski definition) is 7. The lowest BCUT2D eigenvalue weighted by Gasteiger charge is -2.37. The first-order chi connectivity index (χ1) is 5.83. The van der Waals surface area contributed by atoms with Gasteiger partial charge in [-0.15, -0.1) is 0 Å². The van der Waals surface area contributed by atoms with Gasteiger partial charge in [0.2, 0.25) is 0 Å². The highest BCUT2D eigenvalue weighted by Crippen LogP contribution is 1.89. The molecule has 0 spiro atoms. The topological polar surface area (TPSA) is 133 Å². The Labute approximate surface area is 71.9 Å². The normalized spacial score (nSPS) is 20.4. The zero-order chi connectivity index (χ0) is 8.97. The monoisotopic (exact) mass is 169 g/mol. The molecule has 9 nitrogen and oxygen atoms in total. The van der Waals surface area contributed by atoms with Crippen LogP contribution < -0.4 is 39.1 Å². The van der Waals surface area contributed by atoms with Crippen LogP contribution in [0.15, 0.2) is 0 Å². The van der Waals surface area contributed by atoms with Crippen molar-refractivity contribution in [3.8, 4) is 0 Å². The van der Waals surface area contributed by atoms with E-state index in [9.17, 15) is 0 Å². The fraction of sp³-hybridized carbons (Fsp3) is 0. The molecule has 1 saturated heterocycles. The molecule has 1 fully saturated rings. The predicted octanol–water partition coefficient (Wildman–Crippen LogP) is -5.53. The van der Waals surface area contributed by atoms with Crippen molar-refractivity contribution in [3.05, 3.63) is 0 Å². The van der Waals surface area contributed by atoms with Crippen LogP contribution in [0.25, 0.3) is 0 Å². The maximum absolute atomic E-state index is 5.24. The summed E-state index contributed by atoms with van der Waals surface area (Å²) in [6, 6.07) is 0. The molecule has 2 radical (unpaired) electrons. The number of nitrogens with two attached hydrogens (primary N) is 3. The summed E-state index contributed by atoms with van der Waals surface area (Å²) in [7, 11) is 2.76. The van der Waals surface area contributed by atoms with Gasteiger partial charge in [-0.1, -0.05) is 0 Å². The summed E-state index contributed by atoms with van der Waals surface area (Å²) in [5.74, 6) is 15.6. The Balaban J connectivity index is 2.52. The quantitative estimate of drug-likeness (QED) is 0.125. The molecule has 12 heteroatoms. The molecule has 0 atom stereocenters. The zero-order valence-electron chi connectivity index (χ0n) is 6.36. The van der Waals surface area contributed by atoms with Crippen LogP contribution in [0.4, 0.5) is 0 Å². The van der Waals surface area contributed by atoms with Crippen molar-refractivity contribution in [1.29, 1.82) is 0 Å². The lowest BCUT2D eigenvalue weighted by atomic mass is 9.73. The summed E-state index contributed by atoms with van der Waals surface area (Å²) >= 11 is 0.